The summed E-state index contributed by atoms with van der Waals surface area (Å²) in [6.07, 6.45) is 1.44. The second kappa shape index (κ2) is 14.2. The van der Waals surface area contributed by atoms with E-state index in [0.717, 1.165) is 9.87 Å². The van der Waals surface area contributed by atoms with Gasteiger partial charge in [-0.2, -0.15) is 5.10 Å². The molecule has 0 aromatic heterocycles. The Morgan fingerprint density at radius 2 is 1.67 bits per heavy atom. The molecule has 1 N–H and O–H groups in total. The molecule has 0 bridgehead atoms. The average molecular weight is 627 g/mol. The molecular formula is C31H29Cl2N3O5S. The number of aryl methyl sites for hydroxylation is 1. The second-order valence-corrected chi connectivity index (χ2v) is 11.8. The molecule has 8 nitrogen and oxygen atoms in total. The number of anilines is 1. The molecule has 218 valence electrons. The van der Waals surface area contributed by atoms with Crippen molar-refractivity contribution in [3.05, 3.63) is 118 Å². The van der Waals surface area contributed by atoms with Crippen molar-refractivity contribution in [2.75, 3.05) is 17.5 Å². The normalized spacial score (nSPS) is 11.3. The van der Waals surface area contributed by atoms with Crippen LogP contribution in [0.5, 0.6) is 11.5 Å². The predicted molar refractivity (Wildman–Crippen MR) is 166 cm³/mol. The molecule has 11 heteroatoms. The number of nitrogens with one attached hydrogen (secondary N) is 1. The molecule has 42 heavy (non-hydrogen) atoms. The van der Waals surface area contributed by atoms with E-state index in [-0.39, 0.29) is 4.90 Å². The van der Waals surface area contributed by atoms with Gasteiger partial charge in [0.15, 0.2) is 11.5 Å². The van der Waals surface area contributed by atoms with Crippen molar-refractivity contribution >= 4 is 51.0 Å². The summed E-state index contributed by atoms with van der Waals surface area (Å²) in [5, 5.41) is 5.11. The van der Waals surface area contributed by atoms with E-state index in [4.69, 9.17) is 32.7 Å². The van der Waals surface area contributed by atoms with Gasteiger partial charge in [0.05, 0.1) is 23.4 Å². The minimum atomic E-state index is -4.07. The van der Waals surface area contributed by atoms with Gasteiger partial charge in [-0.15, -0.1) is 0 Å². The number of sulfonamides is 1. The van der Waals surface area contributed by atoms with E-state index < -0.39 is 22.5 Å². The van der Waals surface area contributed by atoms with Crippen molar-refractivity contribution < 1.29 is 22.7 Å². The summed E-state index contributed by atoms with van der Waals surface area (Å²) >= 11 is 12.1. The summed E-state index contributed by atoms with van der Waals surface area (Å²) < 4.78 is 39.8. The largest absolute Gasteiger partial charge is 0.490 e. The van der Waals surface area contributed by atoms with Gasteiger partial charge in [-0.3, -0.25) is 9.10 Å². The highest BCUT2D eigenvalue weighted by molar-refractivity contribution is 7.92. The molecule has 4 aromatic carbocycles. The lowest BCUT2D eigenvalue weighted by molar-refractivity contribution is -0.119. The Balaban J connectivity index is 1.48. The van der Waals surface area contributed by atoms with Crippen LogP contribution in [0.25, 0.3) is 0 Å². The van der Waals surface area contributed by atoms with Crippen molar-refractivity contribution in [1.82, 2.24) is 5.43 Å². The Morgan fingerprint density at radius 1 is 0.905 bits per heavy atom. The average Bonchev–Trinajstić information content (AvgIpc) is 2.96. The van der Waals surface area contributed by atoms with Gasteiger partial charge in [0, 0.05) is 10.0 Å². The third-order valence-corrected chi connectivity index (χ3v) is 8.24. The molecule has 0 radical (unpaired) electrons. The lowest BCUT2D eigenvalue weighted by atomic mass is 10.2. The first kappa shape index (κ1) is 30.9. The maximum atomic E-state index is 13.5. The molecule has 0 aliphatic carbocycles. The number of carbonyl (C=O) groups is 1. The van der Waals surface area contributed by atoms with Crippen LogP contribution in [0.4, 0.5) is 5.69 Å². The summed E-state index contributed by atoms with van der Waals surface area (Å²) in [6.45, 7) is 3.81. The smallest absolute Gasteiger partial charge is 0.264 e. The molecule has 0 atom stereocenters. The zero-order chi connectivity index (χ0) is 30.1. The van der Waals surface area contributed by atoms with E-state index in [1.165, 1.54) is 18.3 Å². The molecule has 0 fully saturated rings. The summed E-state index contributed by atoms with van der Waals surface area (Å²) in [6, 6.07) is 25.3. The maximum absolute atomic E-state index is 13.5. The van der Waals surface area contributed by atoms with Crippen molar-refractivity contribution in [1.29, 1.82) is 0 Å². The van der Waals surface area contributed by atoms with Crippen LogP contribution in [0.1, 0.15) is 23.6 Å². The second-order valence-electron chi connectivity index (χ2n) is 9.11. The molecule has 4 rings (SSSR count). The number of rotatable bonds is 12. The Morgan fingerprint density at radius 3 is 2.38 bits per heavy atom. The predicted octanol–water partition coefficient (Wildman–Crippen LogP) is 6.63. The number of benzene rings is 4. The highest BCUT2D eigenvalue weighted by atomic mass is 35.5. The van der Waals surface area contributed by atoms with Gasteiger partial charge >= 0.3 is 0 Å². The van der Waals surface area contributed by atoms with Crippen LogP contribution < -0.4 is 19.2 Å². The van der Waals surface area contributed by atoms with Crippen LogP contribution in [-0.4, -0.2) is 33.7 Å². The molecule has 0 aliphatic heterocycles. The summed E-state index contributed by atoms with van der Waals surface area (Å²) in [4.78, 5) is 13.0. The number of amides is 1. The minimum Gasteiger partial charge on any atom is -0.490 e. The quantitative estimate of drug-likeness (QED) is 0.141. The van der Waals surface area contributed by atoms with Crippen LogP contribution in [0.15, 0.2) is 101 Å². The fourth-order valence-corrected chi connectivity index (χ4v) is 5.99. The van der Waals surface area contributed by atoms with Crippen LogP contribution in [-0.2, 0) is 21.4 Å². The van der Waals surface area contributed by atoms with Gasteiger partial charge in [-0.25, -0.2) is 13.8 Å². The van der Waals surface area contributed by atoms with Gasteiger partial charge in [0.2, 0.25) is 0 Å². The van der Waals surface area contributed by atoms with Gasteiger partial charge in [-0.1, -0.05) is 53.5 Å². The van der Waals surface area contributed by atoms with Crippen molar-refractivity contribution in [2.45, 2.75) is 25.3 Å². The third-order valence-electron chi connectivity index (χ3n) is 6.00. The first-order chi connectivity index (χ1) is 20.2. The first-order valence-corrected chi connectivity index (χ1v) is 15.2. The Hall–Kier alpha value is -4.05. The SMILES string of the molecule is CCOc1cc(/C=N\NC(=O)CN(c2ccc(Cl)cc2C)S(=O)(=O)c2ccccc2)ccc1OCc1cccc(Cl)c1. The molecule has 0 heterocycles. The number of carbonyl (C=O) groups excluding carboxylic acids is 1. The lowest BCUT2D eigenvalue weighted by Gasteiger charge is -2.25. The summed E-state index contributed by atoms with van der Waals surface area (Å²) in [7, 11) is -4.07. The number of nitrogens with zero attached hydrogens (tertiary/aromatic N) is 2. The number of halogens is 2. The van der Waals surface area contributed by atoms with Gasteiger partial charge in [0.25, 0.3) is 15.9 Å². The van der Waals surface area contributed by atoms with E-state index >= 15 is 0 Å². The summed E-state index contributed by atoms with van der Waals surface area (Å²) in [5.41, 5.74) is 4.89. The van der Waals surface area contributed by atoms with E-state index in [0.29, 0.717) is 51.6 Å². The van der Waals surface area contributed by atoms with E-state index in [1.807, 2.05) is 25.1 Å². The fraction of sp³-hybridized carbons (Fsp3) is 0.161. The number of ether oxygens (including phenoxy) is 2. The van der Waals surface area contributed by atoms with Gasteiger partial charge in [0.1, 0.15) is 13.2 Å². The molecule has 0 unspecified atom stereocenters. The van der Waals surface area contributed by atoms with Gasteiger partial charge in [-0.05, 0) is 91.2 Å². The summed E-state index contributed by atoms with van der Waals surface area (Å²) in [5.74, 6) is 0.415. The Bertz CT molecular complexity index is 1680. The zero-order valence-corrected chi connectivity index (χ0v) is 25.3. The maximum Gasteiger partial charge on any atom is 0.264 e. The first-order valence-electron chi connectivity index (χ1n) is 13.0. The molecule has 1 amide bonds. The van der Waals surface area contributed by atoms with Crippen LogP contribution in [0.3, 0.4) is 0 Å². The molecule has 0 spiro atoms. The van der Waals surface area contributed by atoms with Crippen LogP contribution in [0.2, 0.25) is 10.0 Å². The fourth-order valence-electron chi connectivity index (χ4n) is 4.04. The third kappa shape index (κ3) is 8.03. The van der Waals surface area contributed by atoms with E-state index in [1.54, 1.807) is 67.6 Å². The lowest BCUT2D eigenvalue weighted by Crippen LogP contribution is -2.40. The zero-order valence-electron chi connectivity index (χ0n) is 23.0. The van der Waals surface area contributed by atoms with Crippen molar-refractivity contribution in [3.63, 3.8) is 0 Å². The van der Waals surface area contributed by atoms with Crippen LogP contribution in [0, 0.1) is 6.92 Å². The molecule has 0 saturated carbocycles. The monoisotopic (exact) mass is 625 g/mol. The molecule has 4 aromatic rings. The van der Waals surface area contributed by atoms with Gasteiger partial charge < -0.3 is 9.47 Å². The molecule has 0 aliphatic rings. The van der Waals surface area contributed by atoms with E-state index in [9.17, 15) is 13.2 Å². The number of hydrogen-bond donors (Lipinski definition) is 1. The number of hydrogen-bond acceptors (Lipinski definition) is 6. The standard InChI is InChI=1S/C31H29Cl2N3O5S/c1-3-40-30-18-23(12-15-29(30)41-21-24-8-7-9-25(32)17-24)19-34-35-31(37)20-36(28-14-13-26(33)16-22(28)2)42(38,39)27-10-5-4-6-11-27/h4-19H,3,20-21H2,1-2H3,(H,35,37)/b34-19-. The minimum absolute atomic E-state index is 0.0526. The molecule has 0 saturated heterocycles. The topological polar surface area (TPSA) is 97.3 Å². The van der Waals surface area contributed by atoms with Crippen molar-refractivity contribution in [3.8, 4) is 11.5 Å². The molecular weight excluding hydrogens is 597 g/mol. The van der Waals surface area contributed by atoms with E-state index in [2.05, 4.69) is 10.5 Å². The van der Waals surface area contributed by atoms with Crippen molar-refractivity contribution in [2.24, 2.45) is 5.10 Å². The number of hydrazone groups is 1. The Labute approximate surface area is 255 Å². The Kier molecular flexibility index (Phi) is 10.5. The van der Waals surface area contributed by atoms with Crippen LogP contribution >= 0.6 is 23.2 Å². The highest BCUT2D eigenvalue weighted by Crippen LogP contribution is 2.30. The highest BCUT2D eigenvalue weighted by Gasteiger charge is 2.28.